The molecule has 0 N–H and O–H groups in total. The summed E-state index contributed by atoms with van der Waals surface area (Å²) in [6.07, 6.45) is 2.96. The van der Waals surface area contributed by atoms with E-state index >= 15 is 0 Å². The normalized spacial score (nSPS) is 11.2. The zero-order valence-electron chi connectivity index (χ0n) is 18.7. The maximum Gasteiger partial charge on any atom is 0.190 e. The predicted molar refractivity (Wildman–Crippen MR) is 134 cm³/mol. The summed E-state index contributed by atoms with van der Waals surface area (Å²) in [5, 5.41) is 2.67. The van der Waals surface area contributed by atoms with Crippen LogP contribution in [0.1, 0.15) is 25.1 Å². The van der Waals surface area contributed by atoms with Crippen molar-refractivity contribution in [2.24, 2.45) is 0 Å². The van der Waals surface area contributed by atoms with Crippen LogP contribution in [0.2, 0.25) is 5.02 Å². The number of fused-ring (bicyclic) bond motifs is 1. The average Bonchev–Trinajstić information content (AvgIpc) is 3.34. The lowest BCUT2D eigenvalue weighted by molar-refractivity contribution is -0.117. The summed E-state index contributed by atoms with van der Waals surface area (Å²) in [5.41, 5.74) is 3.94. The average molecular weight is 468 g/mol. The van der Waals surface area contributed by atoms with Crippen LogP contribution in [0.5, 0.6) is 5.75 Å². The standard InChI is InChI=1S/C25H26ClN3O2S/c1-5-11-29(19-6-9-23-18(13-19)10-12-28(23)15-16(2)30)25-27-24(17(3)32-25)21-8-7-20(31-4)14-22(21)26/h6-10,12-14H,5,11,15H2,1-4H3. The molecule has 2 heterocycles. The van der Waals surface area contributed by atoms with Crippen molar-refractivity contribution < 1.29 is 9.53 Å². The Morgan fingerprint density at radius 1 is 1.22 bits per heavy atom. The van der Waals surface area contributed by atoms with E-state index in [1.54, 1.807) is 25.4 Å². The number of carbonyl (C=O) groups excluding carboxylic acids is 1. The molecular formula is C25H26ClN3O2S. The SMILES string of the molecule is CCCN(c1ccc2c(ccn2CC(C)=O)c1)c1nc(-c2ccc(OC)cc2Cl)c(C)s1. The molecular weight excluding hydrogens is 442 g/mol. The number of halogens is 1. The Hall–Kier alpha value is -2.83. The number of hydrogen-bond acceptors (Lipinski definition) is 5. The van der Waals surface area contributed by atoms with E-state index in [2.05, 4.69) is 43.0 Å². The number of carbonyl (C=O) groups is 1. The number of nitrogens with zero attached hydrogens (tertiary/aromatic N) is 3. The molecule has 2 aromatic carbocycles. The molecule has 0 atom stereocenters. The van der Waals surface area contributed by atoms with E-state index in [1.807, 2.05) is 29.0 Å². The van der Waals surface area contributed by atoms with Gasteiger partial charge in [0, 0.05) is 39.8 Å². The molecule has 166 valence electrons. The zero-order chi connectivity index (χ0) is 22.8. The smallest absolute Gasteiger partial charge is 0.190 e. The summed E-state index contributed by atoms with van der Waals surface area (Å²) in [4.78, 5) is 19.9. The molecule has 0 saturated carbocycles. The van der Waals surface area contributed by atoms with Gasteiger partial charge in [0.1, 0.15) is 11.5 Å². The van der Waals surface area contributed by atoms with Gasteiger partial charge in [-0.15, -0.1) is 11.3 Å². The molecule has 0 aliphatic heterocycles. The van der Waals surface area contributed by atoms with Gasteiger partial charge < -0.3 is 14.2 Å². The van der Waals surface area contributed by atoms with Crippen LogP contribution in [-0.4, -0.2) is 29.0 Å². The molecule has 0 saturated heterocycles. The number of methoxy groups -OCH3 is 1. The van der Waals surface area contributed by atoms with Crippen LogP contribution in [-0.2, 0) is 11.3 Å². The summed E-state index contributed by atoms with van der Waals surface area (Å²) < 4.78 is 7.27. The second kappa shape index (κ2) is 9.35. The number of Topliss-reactive ketones (excluding diaryl/α,β-unsaturated/α-hetero) is 1. The molecule has 0 unspecified atom stereocenters. The van der Waals surface area contributed by atoms with E-state index < -0.39 is 0 Å². The minimum Gasteiger partial charge on any atom is -0.497 e. The molecule has 0 spiro atoms. The van der Waals surface area contributed by atoms with Gasteiger partial charge in [0.25, 0.3) is 0 Å². The van der Waals surface area contributed by atoms with Gasteiger partial charge in [-0.3, -0.25) is 4.79 Å². The number of aryl methyl sites for hydroxylation is 1. The minimum atomic E-state index is 0.141. The number of rotatable bonds is 8. The second-order valence-corrected chi connectivity index (χ2v) is 9.38. The van der Waals surface area contributed by atoms with E-state index in [0.29, 0.717) is 11.6 Å². The Morgan fingerprint density at radius 2 is 2.03 bits per heavy atom. The number of aromatic nitrogens is 2. The van der Waals surface area contributed by atoms with Gasteiger partial charge in [-0.2, -0.15) is 0 Å². The molecule has 0 bridgehead atoms. The predicted octanol–water partition coefficient (Wildman–Crippen LogP) is 6.87. The van der Waals surface area contributed by atoms with Crippen molar-refractivity contribution >= 4 is 50.4 Å². The minimum absolute atomic E-state index is 0.141. The van der Waals surface area contributed by atoms with Crippen LogP contribution in [0, 0.1) is 6.92 Å². The topological polar surface area (TPSA) is 47.4 Å². The van der Waals surface area contributed by atoms with Gasteiger partial charge in [0.2, 0.25) is 0 Å². The fourth-order valence-corrected chi connectivity index (χ4v) is 5.08. The van der Waals surface area contributed by atoms with Crippen LogP contribution in [0.25, 0.3) is 22.2 Å². The van der Waals surface area contributed by atoms with E-state index in [0.717, 1.165) is 56.6 Å². The number of ether oxygens (including phenoxy) is 1. The van der Waals surface area contributed by atoms with E-state index in [-0.39, 0.29) is 5.78 Å². The Morgan fingerprint density at radius 3 is 2.72 bits per heavy atom. The zero-order valence-corrected chi connectivity index (χ0v) is 20.3. The van der Waals surface area contributed by atoms with Crippen LogP contribution in [0.3, 0.4) is 0 Å². The summed E-state index contributed by atoms with van der Waals surface area (Å²) in [7, 11) is 1.63. The van der Waals surface area contributed by atoms with Crippen molar-refractivity contribution in [3.8, 4) is 17.0 Å². The Balaban J connectivity index is 1.72. The Bertz CT molecular complexity index is 1280. The molecule has 32 heavy (non-hydrogen) atoms. The molecule has 4 aromatic rings. The van der Waals surface area contributed by atoms with Crippen molar-refractivity contribution in [2.45, 2.75) is 33.7 Å². The fourth-order valence-electron chi connectivity index (χ4n) is 3.85. The molecule has 2 aromatic heterocycles. The third kappa shape index (κ3) is 4.38. The number of hydrogen-bond donors (Lipinski definition) is 0. The van der Waals surface area contributed by atoms with E-state index in [1.165, 1.54) is 0 Å². The summed E-state index contributed by atoms with van der Waals surface area (Å²) in [6.45, 7) is 7.09. The maximum atomic E-state index is 11.6. The van der Waals surface area contributed by atoms with Crippen molar-refractivity contribution in [3.05, 3.63) is 58.6 Å². The first-order valence-electron chi connectivity index (χ1n) is 10.6. The van der Waals surface area contributed by atoms with Crippen LogP contribution >= 0.6 is 22.9 Å². The highest BCUT2D eigenvalue weighted by molar-refractivity contribution is 7.16. The van der Waals surface area contributed by atoms with Gasteiger partial charge in [-0.25, -0.2) is 4.98 Å². The first-order chi connectivity index (χ1) is 15.4. The Kier molecular flexibility index (Phi) is 6.53. The van der Waals surface area contributed by atoms with Gasteiger partial charge in [0.15, 0.2) is 5.13 Å². The molecule has 0 fully saturated rings. The third-order valence-electron chi connectivity index (χ3n) is 5.35. The van der Waals surface area contributed by atoms with Crippen LogP contribution < -0.4 is 9.64 Å². The largest absolute Gasteiger partial charge is 0.497 e. The van der Waals surface area contributed by atoms with Gasteiger partial charge >= 0.3 is 0 Å². The molecule has 0 radical (unpaired) electrons. The van der Waals surface area contributed by atoms with Crippen molar-refractivity contribution in [1.82, 2.24) is 9.55 Å². The molecule has 7 heteroatoms. The third-order valence-corrected chi connectivity index (χ3v) is 6.66. The summed E-state index contributed by atoms with van der Waals surface area (Å²) >= 11 is 8.19. The fraction of sp³-hybridized carbons (Fsp3) is 0.280. The summed E-state index contributed by atoms with van der Waals surface area (Å²) in [6, 6.07) is 14.1. The lowest BCUT2D eigenvalue weighted by atomic mass is 10.1. The van der Waals surface area contributed by atoms with Gasteiger partial charge in [0.05, 0.1) is 24.4 Å². The van der Waals surface area contributed by atoms with E-state index in [9.17, 15) is 4.79 Å². The first-order valence-corrected chi connectivity index (χ1v) is 11.8. The van der Waals surface area contributed by atoms with E-state index in [4.69, 9.17) is 21.3 Å². The number of thiazole rings is 1. The Labute approximate surface area is 197 Å². The van der Waals surface area contributed by atoms with Crippen molar-refractivity contribution in [2.75, 3.05) is 18.6 Å². The van der Waals surface area contributed by atoms with Gasteiger partial charge in [-0.1, -0.05) is 18.5 Å². The number of anilines is 2. The quantitative estimate of drug-likeness (QED) is 0.283. The first kappa shape index (κ1) is 22.4. The monoisotopic (exact) mass is 467 g/mol. The molecule has 5 nitrogen and oxygen atoms in total. The highest BCUT2D eigenvalue weighted by Crippen LogP contribution is 2.39. The summed E-state index contributed by atoms with van der Waals surface area (Å²) in [5.74, 6) is 0.867. The lowest BCUT2D eigenvalue weighted by Gasteiger charge is -2.21. The second-order valence-electron chi connectivity index (χ2n) is 7.79. The lowest BCUT2D eigenvalue weighted by Crippen LogP contribution is -2.17. The number of benzene rings is 2. The van der Waals surface area contributed by atoms with Crippen molar-refractivity contribution in [3.63, 3.8) is 0 Å². The van der Waals surface area contributed by atoms with Crippen molar-refractivity contribution in [1.29, 1.82) is 0 Å². The molecule has 0 amide bonds. The highest BCUT2D eigenvalue weighted by atomic mass is 35.5. The molecule has 0 aliphatic carbocycles. The van der Waals surface area contributed by atoms with Crippen LogP contribution in [0.4, 0.5) is 10.8 Å². The molecule has 0 aliphatic rings. The van der Waals surface area contributed by atoms with Gasteiger partial charge in [-0.05, 0) is 62.7 Å². The number of ketones is 1. The maximum absolute atomic E-state index is 11.6. The van der Waals surface area contributed by atoms with Crippen LogP contribution in [0.15, 0.2) is 48.7 Å². The highest BCUT2D eigenvalue weighted by Gasteiger charge is 2.19. The molecule has 4 rings (SSSR count).